The van der Waals surface area contributed by atoms with Gasteiger partial charge in [0.25, 0.3) is 0 Å². The maximum Gasteiger partial charge on any atom is 0.169 e. The molecule has 0 aliphatic rings. The lowest BCUT2D eigenvalue weighted by molar-refractivity contribution is 0.770. The number of benzene rings is 1. The van der Waals surface area contributed by atoms with Crippen molar-refractivity contribution in [2.45, 2.75) is 19.9 Å². The molecule has 0 saturated heterocycles. The summed E-state index contributed by atoms with van der Waals surface area (Å²) in [5.41, 5.74) is 9.70. The molecule has 0 saturated carbocycles. The number of pyridine rings is 1. The molecule has 3 aromatic heterocycles. The zero-order chi connectivity index (χ0) is 19.8. The number of nitrogens with one attached hydrogen (secondary N) is 1. The molecule has 0 radical (unpaired) electrons. The Morgan fingerprint density at radius 3 is 2.68 bits per heavy atom. The zero-order valence-corrected chi connectivity index (χ0v) is 16.6. The van der Waals surface area contributed by atoms with E-state index in [1.807, 2.05) is 57.4 Å². The molecule has 0 spiro atoms. The van der Waals surface area contributed by atoms with Crippen LogP contribution in [0.5, 0.6) is 0 Å². The number of nitrogens with two attached hydrogens (primary N) is 1. The summed E-state index contributed by atoms with van der Waals surface area (Å²) in [6.07, 6.45) is 3.58. The number of hydrogen-bond donors (Lipinski definition) is 2. The van der Waals surface area contributed by atoms with Crippen molar-refractivity contribution in [1.82, 2.24) is 24.7 Å². The van der Waals surface area contributed by atoms with Crippen LogP contribution in [0.2, 0.25) is 5.02 Å². The largest absolute Gasteiger partial charge is 0.381 e. The Morgan fingerprint density at radius 2 is 1.96 bits per heavy atom. The SMILES string of the molecule is CC(C)Nc1nc(-c2cc(Cl)c3ncccc3c2)c(-c2ccn(C)n2)nc1N. The zero-order valence-electron chi connectivity index (χ0n) is 15.8. The van der Waals surface area contributed by atoms with Crippen molar-refractivity contribution in [1.29, 1.82) is 0 Å². The third kappa shape index (κ3) is 3.36. The van der Waals surface area contributed by atoms with Crippen molar-refractivity contribution in [2.75, 3.05) is 11.1 Å². The van der Waals surface area contributed by atoms with Crippen LogP contribution >= 0.6 is 11.6 Å². The molecule has 142 valence electrons. The van der Waals surface area contributed by atoms with Crippen LogP contribution in [0.15, 0.2) is 42.7 Å². The molecule has 0 aliphatic carbocycles. The number of nitrogens with zero attached hydrogens (tertiary/aromatic N) is 5. The lowest BCUT2D eigenvalue weighted by Gasteiger charge is -2.15. The Bertz CT molecular complexity index is 1170. The quantitative estimate of drug-likeness (QED) is 0.541. The number of aromatic nitrogens is 5. The fraction of sp³-hybridized carbons (Fsp3) is 0.200. The standard InChI is InChI=1S/C20H20ClN7/c1-11(2)24-20-19(22)25-18(15-6-8-28(3)27-15)17(26-20)13-9-12-5-4-7-23-16(12)14(21)10-13/h4-11H,1-3H3,(H2,22,25)(H,24,26). The number of nitrogen functional groups attached to an aromatic ring is 1. The summed E-state index contributed by atoms with van der Waals surface area (Å²) in [6.45, 7) is 4.04. The second kappa shape index (κ2) is 7.09. The average Bonchev–Trinajstić information content (AvgIpc) is 3.09. The molecule has 1 aromatic carbocycles. The van der Waals surface area contributed by atoms with Gasteiger partial charge in [0, 0.05) is 36.4 Å². The molecule has 0 fully saturated rings. The molecule has 4 rings (SSSR count). The summed E-state index contributed by atoms with van der Waals surface area (Å²) in [5, 5.41) is 9.20. The third-order valence-electron chi connectivity index (χ3n) is 4.24. The van der Waals surface area contributed by atoms with E-state index in [0.29, 0.717) is 33.7 Å². The Hall–Kier alpha value is -3.19. The van der Waals surface area contributed by atoms with Crippen molar-refractivity contribution in [3.63, 3.8) is 0 Å². The van der Waals surface area contributed by atoms with Gasteiger partial charge in [-0.3, -0.25) is 9.67 Å². The summed E-state index contributed by atoms with van der Waals surface area (Å²) in [5.74, 6) is 0.860. The van der Waals surface area contributed by atoms with Crippen LogP contribution < -0.4 is 11.1 Å². The van der Waals surface area contributed by atoms with E-state index in [1.54, 1.807) is 10.9 Å². The Labute approximate surface area is 167 Å². The maximum absolute atomic E-state index is 6.50. The molecule has 8 heteroatoms. The maximum atomic E-state index is 6.50. The van der Waals surface area contributed by atoms with Gasteiger partial charge in [-0.2, -0.15) is 5.10 Å². The molecule has 28 heavy (non-hydrogen) atoms. The molecule has 0 amide bonds. The highest BCUT2D eigenvalue weighted by Crippen LogP contribution is 2.35. The fourth-order valence-corrected chi connectivity index (χ4v) is 3.31. The Balaban J connectivity index is 1.98. The molecule has 0 aliphatic heterocycles. The van der Waals surface area contributed by atoms with E-state index >= 15 is 0 Å². The molecule has 0 atom stereocenters. The monoisotopic (exact) mass is 393 g/mol. The Morgan fingerprint density at radius 1 is 1.14 bits per heavy atom. The number of halogens is 1. The second-order valence-electron chi connectivity index (χ2n) is 6.86. The van der Waals surface area contributed by atoms with Crippen LogP contribution in [0.1, 0.15) is 13.8 Å². The number of fused-ring (bicyclic) bond motifs is 1. The van der Waals surface area contributed by atoms with Gasteiger partial charge < -0.3 is 11.1 Å². The lowest BCUT2D eigenvalue weighted by Crippen LogP contribution is -2.14. The first-order chi connectivity index (χ1) is 13.4. The van der Waals surface area contributed by atoms with Crippen LogP contribution in [0.3, 0.4) is 0 Å². The molecular weight excluding hydrogens is 374 g/mol. The van der Waals surface area contributed by atoms with E-state index in [0.717, 1.165) is 16.5 Å². The van der Waals surface area contributed by atoms with Crippen LogP contribution in [-0.4, -0.2) is 30.8 Å². The van der Waals surface area contributed by atoms with Gasteiger partial charge in [-0.25, -0.2) is 9.97 Å². The highest BCUT2D eigenvalue weighted by molar-refractivity contribution is 6.35. The van der Waals surface area contributed by atoms with E-state index in [1.165, 1.54) is 0 Å². The van der Waals surface area contributed by atoms with Crippen molar-refractivity contribution in [3.8, 4) is 22.6 Å². The first-order valence-corrected chi connectivity index (χ1v) is 9.29. The highest BCUT2D eigenvalue weighted by Gasteiger charge is 2.19. The summed E-state index contributed by atoms with van der Waals surface area (Å²) in [4.78, 5) is 13.8. The molecule has 7 nitrogen and oxygen atoms in total. The molecule has 4 aromatic rings. The predicted octanol–water partition coefficient (Wildman–Crippen LogP) is 4.15. The van der Waals surface area contributed by atoms with Gasteiger partial charge in [0.2, 0.25) is 0 Å². The Kier molecular flexibility index (Phi) is 4.60. The summed E-state index contributed by atoms with van der Waals surface area (Å²) in [7, 11) is 1.85. The second-order valence-corrected chi connectivity index (χ2v) is 7.27. The van der Waals surface area contributed by atoms with E-state index in [2.05, 4.69) is 20.4 Å². The van der Waals surface area contributed by atoms with Crippen LogP contribution in [0, 0.1) is 0 Å². The molecular formula is C20H20ClN7. The number of rotatable bonds is 4. The molecule has 0 unspecified atom stereocenters. The van der Waals surface area contributed by atoms with Gasteiger partial charge in [-0.1, -0.05) is 17.7 Å². The van der Waals surface area contributed by atoms with E-state index in [-0.39, 0.29) is 6.04 Å². The molecule has 3 N–H and O–H groups in total. The van der Waals surface area contributed by atoms with E-state index in [4.69, 9.17) is 22.3 Å². The van der Waals surface area contributed by atoms with Crippen molar-refractivity contribution >= 4 is 34.1 Å². The number of anilines is 2. The van der Waals surface area contributed by atoms with Crippen LogP contribution in [-0.2, 0) is 7.05 Å². The van der Waals surface area contributed by atoms with Gasteiger partial charge >= 0.3 is 0 Å². The summed E-state index contributed by atoms with van der Waals surface area (Å²) >= 11 is 6.50. The first-order valence-electron chi connectivity index (χ1n) is 8.91. The summed E-state index contributed by atoms with van der Waals surface area (Å²) in [6, 6.07) is 9.74. The normalized spacial score (nSPS) is 11.3. The summed E-state index contributed by atoms with van der Waals surface area (Å²) < 4.78 is 1.72. The van der Waals surface area contributed by atoms with Gasteiger partial charge in [0.1, 0.15) is 17.1 Å². The van der Waals surface area contributed by atoms with Crippen LogP contribution in [0.25, 0.3) is 33.5 Å². The number of hydrogen-bond acceptors (Lipinski definition) is 6. The highest BCUT2D eigenvalue weighted by atomic mass is 35.5. The van der Waals surface area contributed by atoms with Gasteiger partial charge in [0.15, 0.2) is 11.6 Å². The minimum absolute atomic E-state index is 0.162. The topological polar surface area (TPSA) is 94.5 Å². The van der Waals surface area contributed by atoms with Crippen LogP contribution in [0.4, 0.5) is 11.6 Å². The van der Waals surface area contributed by atoms with Gasteiger partial charge in [-0.05, 0) is 38.1 Å². The van der Waals surface area contributed by atoms with Crippen molar-refractivity contribution in [2.24, 2.45) is 7.05 Å². The molecule has 0 bridgehead atoms. The minimum atomic E-state index is 0.162. The minimum Gasteiger partial charge on any atom is -0.381 e. The fourth-order valence-electron chi connectivity index (χ4n) is 3.03. The first kappa shape index (κ1) is 18.2. The third-order valence-corrected chi connectivity index (χ3v) is 4.52. The number of aryl methyl sites for hydroxylation is 1. The predicted molar refractivity (Wildman–Crippen MR) is 113 cm³/mol. The van der Waals surface area contributed by atoms with Gasteiger partial charge in [-0.15, -0.1) is 0 Å². The smallest absolute Gasteiger partial charge is 0.169 e. The van der Waals surface area contributed by atoms with E-state index < -0.39 is 0 Å². The lowest BCUT2D eigenvalue weighted by atomic mass is 10.0. The van der Waals surface area contributed by atoms with Gasteiger partial charge in [0.05, 0.1) is 10.5 Å². The van der Waals surface area contributed by atoms with E-state index in [9.17, 15) is 0 Å². The van der Waals surface area contributed by atoms with Crippen molar-refractivity contribution < 1.29 is 0 Å². The average molecular weight is 394 g/mol. The van der Waals surface area contributed by atoms with Crippen molar-refractivity contribution in [3.05, 3.63) is 47.7 Å². The molecule has 3 heterocycles.